The molecule has 1 atom stereocenters. The molecule has 71 heavy (non-hydrogen) atoms. The van der Waals surface area contributed by atoms with Gasteiger partial charge in [0.25, 0.3) is 5.91 Å². The zero-order valence-corrected chi connectivity index (χ0v) is 43.4. The zero-order chi connectivity index (χ0) is 49.8. The fourth-order valence-electron chi connectivity index (χ4n) is 9.95. The van der Waals surface area contributed by atoms with E-state index in [1.807, 2.05) is 4.90 Å². The van der Waals surface area contributed by atoms with Gasteiger partial charge >= 0.3 is 5.63 Å². The lowest BCUT2D eigenvalue weighted by Crippen LogP contribution is -2.53. The number of anilines is 1. The van der Waals surface area contributed by atoms with Crippen molar-refractivity contribution in [2.45, 2.75) is 123 Å². The minimum absolute atomic E-state index is 0.0450. The number of carbonyl (C=O) groups is 3. The summed E-state index contributed by atoms with van der Waals surface area (Å²) in [4.78, 5) is 56.3. The van der Waals surface area contributed by atoms with Crippen molar-refractivity contribution in [3.8, 4) is 16.9 Å². The fraction of sp³-hybridized carbons (Fsp3) is 0.400. The van der Waals surface area contributed by atoms with Crippen LogP contribution >= 0.6 is 18.9 Å². The van der Waals surface area contributed by atoms with Gasteiger partial charge in [0, 0.05) is 73.4 Å². The predicted molar refractivity (Wildman–Crippen MR) is 294 cm³/mol. The number of ether oxygens (including phenoxy) is 1. The molecule has 1 aliphatic heterocycles. The number of carbonyl (C=O) groups excluding carboxylic acids is 3. The highest BCUT2D eigenvalue weighted by atomic mass is 35.5. The van der Waals surface area contributed by atoms with Gasteiger partial charge in [0.1, 0.15) is 34.5 Å². The normalized spacial score (nSPS) is 13.3. The molecule has 1 saturated heterocycles. The number of halogens is 1. The Balaban J connectivity index is 0.856. The van der Waals surface area contributed by atoms with E-state index in [1.54, 1.807) is 48.2 Å². The Morgan fingerprint density at radius 1 is 0.620 bits per heavy atom. The summed E-state index contributed by atoms with van der Waals surface area (Å²) in [6.45, 7) is 5.75. The van der Waals surface area contributed by atoms with Crippen LogP contribution in [0.4, 0.5) is 5.69 Å². The summed E-state index contributed by atoms with van der Waals surface area (Å²) in [5.41, 5.74) is 1.54. The van der Waals surface area contributed by atoms with Crippen LogP contribution in [-0.2, 0) is 14.4 Å². The summed E-state index contributed by atoms with van der Waals surface area (Å²) in [5, 5.41) is 8.12. The molecule has 0 spiro atoms. The van der Waals surface area contributed by atoms with Gasteiger partial charge in [0.15, 0.2) is 6.10 Å². The third kappa shape index (κ3) is 14.7. The summed E-state index contributed by atoms with van der Waals surface area (Å²) < 4.78 is 11.7. The van der Waals surface area contributed by atoms with Gasteiger partial charge in [0.05, 0.1) is 11.2 Å². The van der Waals surface area contributed by atoms with Crippen molar-refractivity contribution in [2.75, 3.05) is 37.7 Å². The molecule has 3 amide bonds. The minimum atomic E-state index is -1.91. The molecule has 2 heterocycles. The number of nitrogens with one attached hydrogen (secondary N) is 1. The molecular weight excluding hydrogens is 925 g/mol. The fourth-order valence-corrected chi connectivity index (χ4v) is 14.6. The molecule has 0 aliphatic carbocycles. The summed E-state index contributed by atoms with van der Waals surface area (Å²) in [5.74, 6) is 0.288. The Hall–Kier alpha value is -5.76. The molecule has 0 saturated carbocycles. The van der Waals surface area contributed by atoms with Crippen molar-refractivity contribution < 1.29 is 23.5 Å². The second-order valence-electron chi connectivity index (χ2n) is 19.0. The van der Waals surface area contributed by atoms with Crippen LogP contribution in [0, 0.1) is 0 Å². The van der Waals surface area contributed by atoms with E-state index in [-0.39, 0.29) is 17.7 Å². The van der Waals surface area contributed by atoms with Crippen molar-refractivity contribution in [1.29, 1.82) is 0 Å². The number of nitrogens with zero attached hydrogens (tertiary/aromatic N) is 2. The van der Waals surface area contributed by atoms with Crippen molar-refractivity contribution in [1.82, 2.24) is 9.80 Å². The maximum atomic E-state index is 13.6. The van der Waals surface area contributed by atoms with Gasteiger partial charge < -0.3 is 24.3 Å². The van der Waals surface area contributed by atoms with E-state index in [2.05, 4.69) is 103 Å². The third-order valence-electron chi connectivity index (χ3n) is 13.8. The average Bonchev–Trinajstić information content (AvgIpc) is 3.39. The van der Waals surface area contributed by atoms with Crippen molar-refractivity contribution in [3.63, 3.8) is 0 Å². The molecule has 11 heteroatoms. The van der Waals surface area contributed by atoms with E-state index >= 15 is 0 Å². The molecular formula is C60H72ClN3O6P+. The molecule has 1 aliphatic rings. The maximum Gasteiger partial charge on any atom is 0.336 e. The zero-order valence-electron chi connectivity index (χ0n) is 41.8. The van der Waals surface area contributed by atoms with E-state index in [0.29, 0.717) is 77.6 Å². The molecule has 0 bridgehead atoms. The lowest BCUT2D eigenvalue weighted by Gasteiger charge is -2.36. The van der Waals surface area contributed by atoms with E-state index in [4.69, 9.17) is 20.8 Å². The Morgan fingerprint density at radius 2 is 1.15 bits per heavy atom. The lowest BCUT2D eigenvalue weighted by atomic mass is 10.0. The highest BCUT2D eigenvalue weighted by Gasteiger charge is 2.44. The largest absolute Gasteiger partial charge is 0.481 e. The van der Waals surface area contributed by atoms with Crippen LogP contribution in [0.3, 0.4) is 0 Å². The first kappa shape index (κ1) is 53.0. The average molecular weight is 998 g/mol. The molecule has 374 valence electrons. The van der Waals surface area contributed by atoms with Crippen molar-refractivity contribution in [3.05, 3.63) is 149 Å². The number of unbranched alkanes of at least 4 members (excludes halogenated alkanes) is 12. The molecule has 9 nitrogen and oxygen atoms in total. The molecule has 1 N–H and O–H groups in total. The van der Waals surface area contributed by atoms with Gasteiger partial charge in [-0.1, -0.05) is 143 Å². The quantitative estimate of drug-likeness (QED) is 0.0329. The standard InChI is InChI=1S/C60H71ClN3O6P/c1-3-4-5-6-7-8-9-10-11-12-23-32-57(65)62-47-34-36-52(55(61)43-47)54-45-59(67)70-56-44-48(35-37-53(54)56)69-46(2)60(68)64-40-38-63(39-41-64)58(66)33-24-16-25-42-71(49-26-17-13-18-27-49,50-28-19-14-20-29-50)51-30-21-15-22-31-51/h13-15,17-22,26-31,34-37,43-46H,3-12,16,23-25,32-33,38-42H2,1-2H3/p+1/t46-/m1/s1. The Labute approximate surface area is 426 Å². The minimum Gasteiger partial charge on any atom is -0.481 e. The first-order valence-corrected chi connectivity index (χ1v) is 28.5. The maximum absolute atomic E-state index is 13.6. The van der Waals surface area contributed by atoms with Crippen LogP contribution in [0.5, 0.6) is 5.75 Å². The predicted octanol–water partition coefficient (Wildman–Crippen LogP) is 12.7. The topological polar surface area (TPSA) is 109 Å². The molecule has 0 radical (unpaired) electrons. The summed E-state index contributed by atoms with van der Waals surface area (Å²) in [6.07, 6.45) is 17.4. The number of benzene rings is 5. The van der Waals surface area contributed by atoms with Crippen LogP contribution < -0.4 is 31.6 Å². The summed E-state index contributed by atoms with van der Waals surface area (Å²) >= 11 is 6.79. The van der Waals surface area contributed by atoms with E-state index in [9.17, 15) is 19.2 Å². The Kier molecular flexibility index (Phi) is 20.3. The van der Waals surface area contributed by atoms with Crippen LogP contribution in [0.2, 0.25) is 5.02 Å². The number of amides is 3. The van der Waals surface area contributed by atoms with Gasteiger partial charge in [-0.2, -0.15) is 0 Å². The lowest BCUT2D eigenvalue weighted by molar-refractivity contribution is -0.143. The van der Waals surface area contributed by atoms with Gasteiger partial charge in [-0.25, -0.2) is 4.79 Å². The van der Waals surface area contributed by atoms with E-state index in [0.717, 1.165) is 44.7 Å². The molecule has 1 fully saturated rings. The molecule has 1 aromatic heterocycles. The van der Waals surface area contributed by atoms with Crippen LogP contribution in [0.25, 0.3) is 22.1 Å². The van der Waals surface area contributed by atoms with E-state index < -0.39 is 19.0 Å². The monoisotopic (exact) mass is 996 g/mol. The molecule has 6 aromatic rings. The van der Waals surface area contributed by atoms with Gasteiger partial charge in [-0.15, -0.1) is 0 Å². The SMILES string of the molecule is CCCCCCCCCCCCCC(=O)Nc1ccc(-c2cc(=O)oc3cc(O[C@H](C)C(=O)N4CCN(C(=O)CCCCC[P+](c5ccccc5)(c5ccccc5)c5ccccc5)CC4)ccc23)c(Cl)c1. The summed E-state index contributed by atoms with van der Waals surface area (Å²) in [7, 11) is -1.91. The molecule has 5 aromatic carbocycles. The second-order valence-corrected chi connectivity index (χ2v) is 23.0. The van der Waals surface area contributed by atoms with E-state index in [1.165, 1.54) is 73.3 Å². The van der Waals surface area contributed by atoms with Crippen LogP contribution in [-0.4, -0.2) is 66.0 Å². The van der Waals surface area contributed by atoms with Crippen molar-refractivity contribution >= 4 is 69.2 Å². The smallest absolute Gasteiger partial charge is 0.336 e. The second kappa shape index (κ2) is 27.2. The Bertz CT molecular complexity index is 2590. The number of fused-ring (bicyclic) bond motifs is 1. The number of rotatable bonds is 26. The van der Waals surface area contributed by atoms with Crippen LogP contribution in [0.1, 0.15) is 117 Å². The number of hydrogen-bond donors (Lipinski definition) is 1. The molecule has 7 rings (SSSR count). The first-order valence-electron chi connectivity index (χ1n) is 26.1. The highest BCUT2D eigenvalue weighted by molar-refractivity contribution is 7.95. The number of hydrogen-bond acceptors (Lipinski definition) is 6. The van der Waals surface area contributed by atoms with Gasteiger partial charge in [0.2, 0.25) is 11.8 Å². The van der Waals surface area contributed by atoms with Crippen LogP contribution in [0.15, 0.2) is 143 Å². The first-order chi connectivity index (χ1) is 34.7. The summed E-state index contributed by atoms with van der Waals surface area (Å²) in [6, 6.07) is 44.6. The van der Waals surface area contributed by atoms with Gasteiger partial charge in [-0.05, 0) is 93.3 Å². The van der Waals surface area contributed by atoms with Gasteiger partial charge in [-0.3, -0.25) is 14.4 Å². The highest BCUT2D eigenvalue weighted by Crippen LogP contribution is 2.56. The Morgan fingerprint density at radius 3 is 1.73 bits per heavy atom. The third-order valence-corrected chi connectivity index (χ3v) is 18.7. The van der Waals surface area contributed by atoms with Crippen molar-refractivity contribution in [2.24, 2.45) is 0 Å². The molecule has 0 unspecified atom stereocenters. The number of piperazine rings is 1.